The van der Waals surface area contributed by atoms with Gasteiger partial charge >= 0.3 is 5.78 Å². The summed E-state index contributed by atoms with van der Waals surface area (Å²) in [7, 11) is 2.80. The van der Waals surface area contributed by atoms with Crippen LogP contribution in [0.2, 0.25) is 0 Å². The Bertz CT molecular complexity index is 1170. The number of aromatic hydroxyl groups is 2. The first-order valence-electron chi connectivity index (χ1n) is 7.00. The predicted octanol–water partition coefficient (Wildman–Crippen LogP) is 3.12. The van der Waals surface area contributed by atoms with Gasteiger partial charge in [0.05, 0.1) is 14.2 Å². The summed E-state index contributed by atoms with van der Waals surface area (Å²) < 4.78 is 21.4. The van der Waals surface area contributed by atoms with Gasteiger partial charge in [-0.3, -0.25) is 4.79 Å². The summed E-state index contributed by atoms with van der Waals surface area (Å²) in [6.07, 6.45) is 0. The van der Waals surface area contributed by atoms with Crippen molar-refractivity contribution in [2.75, 3.05) is 14.2 Å². The summed E-state index contributed by atoms with van der Waals surface area (Å²) in [5.74, 6) is 0.180. The number of ether oxygens (including phenoxy) is 2. The average molecular weight is 328 g/mol. The van der Waals surface area contributed by atoms with Crippen LogP contribution in [0.3, 0.4) is 0 Å². The molecular weight excluding hydrogens is 316 g/mol. The summed E-state index contributed by atoms with van der Waals surface area (Å²) in [4.78, 5) is 13.0. The van der Waals surface area contributed by atoms with Crippen LogP contribution in [0.5, 0.6) is 23.0 Å². The van der Waals surface area contributed by atoms with Crippen LogP contribution in [0.15, 0.2) is 37.9 Å². The molecule has 0 aliphatic heterocycles. The van der Waals surface area contributed by atoms with E-state index in [-0.39, 0.29) is 56.1 Å². The maximum Gasteiger partial charge on any atom is 0.302 e. The average Bonchev–Trinajstić information content (AvgIpc) is 2.89. The number of fused-ring (bicyclic) bond motifs is 4. The smallest absolute Gasteiger partial charge is 0.302 e. The SMILES string of the molecule is COc1cc2c(cc1O)oc1oc3cc(O)cc(OC)c3c(=O)c12. The molecule has 0 saturated heterocycles. The molecule has 7 nitrogen and oxygen atoms in total. The maximum atomic E-state index is 13.0. The highest BCUT2D eigenvalue weighted by Gasteiger charge is 2.20. The topological polar surface area (TPSA) is 102 Å². The lowest BCUT2D eigenvalue weighted by Crippen LogP contribution is -2.03. The summed E-state index contributed by atoms with van der Waals surface area (Å²) in [5.41, 5.74) is 0.0526. The minimum atomic E-state index is -0.366. The quantitative estimate of drug-likeness (QED) is 0.583. The summed E-state index contributed by atoms with van der Waals surface area (Å²) in [6.45, 7) is 0. The molecule has 0 bridgehead atoms. The molecule has 0 atom stereocenters. The van der Waals surface area contributed by atoms with Crippen molar-refractivity contribution in [3.63, 3.8) is 0 Å². The van der Waals surface area contributed by atoms with E-state index in [1.165, 1.54) is 38.5 Å². The van der Waals surface area contributed by atoms with Gasteiger partial charge in [0, 0.05) is 23.6 Å². The highest BCUT2D eigenvalue weighted by atomic mass is 16.5. The van der Waals surface area contributed by atoms with Crippen LogP contribution in [-0.4, -0.2) is 24.4 Å². The number of furan rings is 1. The molecule has 24 heavy (non-hydrogen) atoms. The van der Waals surface area contributed by atoms with Crippen molar-refractivity contribution in [2.45, 2.75) is 0 Å². The standard InChI is InChI=1S/C17H12O7/c1-21-11-5-8-10(6-9(11)19)23-17-14(8)16(20)15-12(22-2)3-7(18)4-13(15)24-17/h3-6,18-19H,1-2H3. The van der Waals surface area contributed by atoms with Crippen molar-refractivity contribution < 1.29 is 28.5 Å². The second-order valence-corrected chi connectivity index (χ2v) is 5.24. The number of methoxy groups -OCH3 is 2. The molecule has 4 aromatic rings. The van der Waals surface area contributed by atoms with E-state index in [1.54, 1.807) is 0 Å². The lowest BCUT2D eigenvalue weighted by molar-refractivity contribution is 0.374. The van der Waals surface area contributed by atoms with E-state index in [1.807, 2.05) is 0 Å². The molecule has 0 unspecified atom stereocenters. The van der Waals surface area contributed by atoms with Crippen molar-refractivity contribution in [1.82, 2.24) is 0 Å². The molecule has 0 spiro atoms. The lowest BCUT2D eigenvalue weighted by Gasteiger charge is -2.05. The van der Waals surface area contributed by atoms with Gasteiger partial charge in [-0.1, -0.05) is 0 Å². The molecule has 2 heterocycles. The van der Waals surface area contributed by atoms with Crippen LogP contribution >= 0.6 is 0 Å². The van der Waals surface area contributed by atoms with E-state index in [0.717, 1.165) is 0 Å². The number of phenols is 2. The van der Waals surface area contributed by atoms with E-state index >= 15 is 0 Å². The Hall–Kier alpha value is -3.35. The molecule has 0 saturated carbocycles. The molecule has 122 valence electrons. The van der Waals surface area contributed by atoms with Gasteiger partial charge in [0.1, 0.15) is 33.4 Å². The largest absolute Gasteiger partial charge is 0.508 e. The van der Waals surface area contributed by atoms with E-state index in [4.69, 9.17) is 18.3 Å². The van der Waals surface area contributed by atoms with Crippen molar-refractivity contribution >= 4 is 33.1 Å². The lowest BCUT2D eigenvalue weighted by atomic mass is 10.1. The molecule has 2 N–H and O–H groups in total. The molecule has 0 amide bonds. The molecule has 0 aliphatic rings. The van der Waals surface area contributed by atoms with E-state index < -0.39 is 0 Å². The summed E-state index contributed by atoms with van der Waals surface area (Å²) >= 11 is 0. The third kappa shape index (κ3) is 1.81. The number of hydrogen-bond donors (Lipinski definition) is 2. The molecule has 4 rings (SSSR count). The minimum absolute atomic E-state index is 0.0113. The molecular formula is C17H12O7. The van der Waals surface area contributed by atoms with Crippen molar-refractivity contribution in [3.05, 3.63) is 34.5 Å². The van der Waals surface area contributed by atoms with Crippen molar-refractivity contribution in [3.8, 4) is 23.0 Å². The fraction of sp³-hybridized carbons (Fsp3) is 0.118. The number of benzene rings is 2. The Morgan fingerprint density at radius 3 is 2.29 bits per heavy atom. The zero-order valence-corrected chi connectivity index (χ0v) is 12.7. The second kappa shape index (κ2) is 4.82. The van der Waals surface area contributed by atoms with Crippen LogP contribution in [0.25, 0.3) is 33.1 Å². The van der Waals surface area contributed by atoms with E-state index in [0.29, 0.717) is 5.39 Å². The van der Waals surface area contributed by atoms with Crippen LogP contribution in [0.4, 0.5) is 0 Å². The van der Waals surface area contributed by atoms with E-state index in [9.17, 15) is 15.0 Å². The van der Waals surface area contributed by atoms with Gasteiger partial charge in [-0.25, -0.2) is 0 Å². The molecule has 0 fully saturated rings. The van der Waals surface area contributed by atoms with Gasteiger partial charge in [-0.05, 0) is 6.07 Å². The Kier molecular flexibility index (Phi) is 2.86. The molecule has 0 aliphatic carbocycles. The number of hydrogen-bond acceptors (Lipinski definition) is 7. The Morgan fingerprint density at radius 2 is 1.58 bits per heavy atom. The van der Waals surface area contributed by atoms with Gasteiger partial charge in [0.2, 0.25) is 5.43 Å². The van der Waals surface area contributed by atoms with Crippen LogP contribution < -0.4 is 14.9 Å². The van der Waals surface area contributed by atoms with Gasteiger partial charge < -0.3 is 28.5 Å². The highest BCUT2D eigenvalue weighted by Crippen LogP contribution is 2.38. The van der Waals surface area contributed by atoms with Crippen molar-refractivity contribution in [1.29, 1.82) is 0 Å². The van der Waals surface area contributed by atoms with Gasteiger partial charge in [0.15, 0.2) is 11.5 Å². The first-order chi connectivity index (χ1) is 11.5. The first kappa shape index (κ1) is 14.3. The van der Waals surface area contributed by atoms with Gasteiger partial charge in [-0.15, -0.1) is 0 Å². The minimum Gasteiger partial charge on any atom is -0.508 e. The molecule has 2 aromatic carbocycles. The zero-order chi connectivity index (χ0) is 17.0. The molecule has 0 radical (unpaired) electrons. The second-order valence-electron chi connectivity index (χ2n) is 5.24. The summed E-state index contributed by atoms with van der Waals surface area (Å²) in [6, 6.07) is 5.50. The van der Waals surface area contributed by atoms with Crippen molar-refractivity contribution in [2.24, 2.45) is 0 Å². The predicted molar refractivity (Wildman–Crippen MR) is 86.2 cm³/mol. The van der Waals surface area contributed by atoms with Crippen LogP contribution in [0, 0.1) is 0 Å². The summed E-state index contributed by atoms with van der Waals surface area (Å²) in [5, 5.41) is 20.4. The third-order valence-electron chi connectivity index (χ3n) is 3.88. The fourth-order valence-corrected chi connectivity index (χ4v) is 2.81. The first-order valence-corrected chi connectivity index (χ1v) is 7.00. The molecule has 2 aromatic heterocycles. The highest BCUT2D eigenvalue weighted by molar-refractivity contribution is 6.07. The Labute approximate surface area is 134 Å². The third-order valence-corrected chi connectivity index (χ3v) is 3.88. The Balaban J connectivity index is 2.25. The zero-order valence-electron chi connectivity index (χ0n) is 12.7. The van der Waals surface area contributed by atoms with Crippen LogP contribution in [0.1, 0.15) is 0 Å². The Morgan fingerprint density at radius 1 is 0.875 bits per heavy atom. The normalized spacial score (nSPS) is 11.4. The van der Waals surface area contributed by atoms with Gasteiger partial charge in [0.25, 0.3) is 0 Å². The van der Waals surface area contributed by atoms with Gasteiger partial charge in [-0.2, -0.15) is 0 Å². The number of phenolic OH excluding ortho intramolecular Hbond substituents is 2. The monoisotopic (exact) mass is 328 g/mol. The molecule has 7 heteroatoms. The number of rotatable bonds is 2. The van der Waals surface area contributed by atoms with E-state index in [2.05, 4.69) is 0 Å². The fourth-order valence-electron chi connectivity index (χ4n) is 2.81. The maximum absolute atomic E-state index is 13.0. The van der Waals surface area contributed by atoms with Crippen LogP contribution in [-0.2, 0) is 0 Å².